The molecular weight excluding hydrogens is 426 g/mol. The summed E-state index contributed by atoms with van der Waals surface area (Å²) in [6.45, 7) is 2.73. The van der Waals surface area contributed by atoms with Crippen LogP contribution in [0.15, 0.2) is 40.1 Å². The van der Waals surface area contributed by atoms with E-state index in [0.717, 1.165) is 4.57 Å². The summed E-state index contributed by atoms with van der Waals surface area (Å²) in [7, 11) is 0. The summed E-state index contributed by atoms with van der Waals surface area (Å²) in [5.41, 5.74) is -0.536. The largest absolute Gasteiger partial charge is 0.508 e. The van der Waals surface area contributed by atoms with Gasteiger partial charge in [-0.3, -0.25) is 24.5 Å². The second-order valence-corrected chi connectivity index (χ2v) is 7.50. The Kier molecular flexibility index (Phi) is 7.05. The zero-order valence-corrected chi connectivity index (χ0v) is 17.4. The van der Waals surface area contributed by atoms with Gasteiger partial charge < -0.3 is 19.3 Å². The second-order valence-electron chi connectivity index (χ2n) is 7.50. The fraction of sp³-hybridized carbons (Fsp3) is 0.450. The number of nitrogens with one attached hydrogen (secondary N) is 1. The number of ether oxygens (including phenoxy) is 3. The van der Waals surface area contributed by atoms with E-state index in [1.54, 1.807) is 25.1 Å². The summed E-state index contributed by atoms with van der Waals surface area (Å²) in [4.78, 5) is 48.2. The number of hydrogen-bond donors (Lipinski definition) is 2. The summed E-state index contributed by atoms with van der Waals surface area (Å²) >= 11 is 0. The molecule has 2 N–H and O–H groups in total. The number of aliphatic hydroxyl groups excluding tert-OH is 1. The summed E-state index contributed by atoms with van der Waals surface area (Å²) in [5.74, 6) is -0.447. The number of aryl methyl sites for hydroxylation is 1. The number of carbonyl (C=O) groups excluding carboxylic acids is 1. The zero-order valence-electron chi connectivity index (χ0n) is 17.4. The number of aliphatic hydroxyl groups is 1. The monoisotopic (exact) mass is 449 g/mol. The van der Waals surface area contributed by atoms with E-state index in [-0.39, 0.29) is 25.3 Å². The molecule has 12 nitrogen and oxygen atoms in total. The highest BCUT2D eigenvalue weighted by Crippen LogP contribution is 2.28. The highest BCUT2D eigenvalue weighted by molar-refractivity contribution is 5.60. The first kappa shape index (κ1) is 23.2. The Bertz CT molecular complexity index is 1110. The van der Waals surface area contributed by atoms with Crippen LogP contribution in [0.4, 0.5) is 10.5 Å². The summed E-state index contributed by atoms with van der Waals surface area (Å²) < 4.78 is 16.8. The molecule has 2 aromatic rings. The standard InChI is InChI=1S/C20H23N3O9/c1-11-8-22(19(26)21-18(11)25)17-7-15(24)16(32-17)10-31-20(27)30-9-12(2)13-5-3-4-6-14(13)23(28)29/h3-6,8,12,15-17,24H,7,9-10H2,1-2H3,(H,21,25,26)/t12?,15?,16-,17-/m1/s1. The van der Waals surface area contributed by atoms with E-state index in [1.165, 1.54) is 19.2 Å². The van der Waals surface area contributed by atoms with Crippen LogP contribution in [0.3, 0.4) is 0 Å². The molecule has 2 heterocycles. The SMILES string of the molecule is Cc1cn([C@H]2CC(O)[C@@H](COC(=O)OCC(C)c3ccccc3[N+](=O)[O-])O2)c(=O)[nH]c1=O. The normalized spacial score (nSPS) is 21.2. The van der Waals surface area contributed by atoms with Gasteiger partial charge in [-0.2, -0.15) is 0 Å². The predicted octanol–water partition coefficient (Wildman–Crippen LogP) is 1.36. The minimum absolute atomic E-state index is 0.0587. The number of aromatic amines is 1. The van der Waals surface area contributed by atoms with E-state index in [9.17, 15) is 29.6 Å². The van der Waals surface area contributed by atoms with Crippen molar-refractivity contribution in [3.63, 3.8) is 0 Å². The predicted molar refractivity (Wildman–Crippen MR) is 109 cm³/mol. The Labute approximate surface area is 181 Å². The minimum Gasteiger partial charge on any atom is -0.434 e. The van der Waals surface area contributed by atoms with Gasteiger partial charge in [-0.15, -0.1) is 0 Å². The second kappa shape index (κ2) is 9.75. The number of aromatic nitrogens is 2. The van der Waals surface area contributed by atoms with Gasteiger partial charge in [-0.25, -0.2) is 9.59 Å². The van der Waals surface area contributed by atoms with Gasteiger partial charge in [0.2, 0.25) is 0 Å². The van der Waals surface area contributed by atoms with Crippen molar-refractivity contribution in [1.82, 2.24) is 9.55 Å². The molecule has 0 radical (unpaired) electrons. The number of para-hydroxylation sites is 1. The van der Waals surface area contributed by atoms with Crippen molar-refractivity contribution < 1.29 is 29.0 Å². The molecule has 1 aliphatic heterocycles. The maximum Gasteiger partial charge on any atom is 0.508 e. The fourth-order valence-electron chi connectivity index (χ4n) is 3.38. The lowest BCUT2D eigenvalue weighted by molar-refractivity contribution is -0.385. The average molecular weight is 449 g/mol. The van der Waals surface area contributed by atoms with Crippen LogP contribution in [0.25, 0.3) is 0 Å². The number of nitro groups is 1. The van der Waals surface area contributed by atoms with Gasteiger partial charge in [-0.1, -0.05) is 25.1 Å². The Morgan fingerprint density at radius 1 is 1.38 bits per heavy atom. The highest BCUT2D eigenvalue weighted by atomic mass is 16.7. The molecule has 12 heteroatoms. The molecule has 0 bridgehead atoms. The Morgan fingerprint density at radius 2 is 2.09 bits per heavy atom. The van der Waals surface area contributed by atoms with Gasteiger partial charge in [0.15, 0.2) is 0 Å². The van der Waals surface area contributed by atoms with E-state index in [2.05, 4.69) is 4.98 Å². The van der Waals surface area contributed by atoms with Crippen molar-refractivity contribution in [3.05, 3.63) is 72.5 Å². The Morgan fingerprint density at radius 3 is 2.81 bits per heavy atom. The van der Waals surface area contributed by atoms with E-state index in [0.29, 0.717) is 11.1 Å². The van der Waals surface area contributed by atoms with Crippen LogP contribution in [-0.4, -0.2) is 51.2 Å². The van der Waals surface area contributed by atoms with Crippen molar-refractivity contribution in [1.29, 1.82) is 0 Å². The molecule has 172 valence electrons. The third kappa shape index (κ3) is 5.21. The van der Waals surface area contributed by atoms with Crippen LogP contribution in [0.1, 0.15) is 36.6 Å². The Hall–Kier alpha value is -3.51. The van der Waals surface area contributed by atoms with Crippen molar-refractivity contribution in [2.45, 2.75) is 44.6 Å². The summed E-state index contributed by atoms with van der Waals surface area (Å²) in [6, 6.07) is 6.16. The van der Waals surface area contributed by atoms with Crippen LogP contribution >= 0.6 is 0 Å². The minimum atomic E-state index is -1.02. The van der Waals surface area contributed by atoms with Crippen LogP contribution < -0.4 is 11.2 Å². The van der Waals surface area contributed by atoms with Gasteiger partial charge >= 0.3 is 11.8 Å². The molecule has 4 atom stereocenters. The summed E-state index contributed by atoms with van der Waals surface area (Å²) in [5, 5.41) is 21.3. The molecular formula is C20H23N3O9. The molecule has 1 aliphatic rings. The van der Waals surface area contributed by atoms with Gasteiger partial charge in [0.1, 0.15) is 25.5 Å². The quantitative estimate of drug-likeness (QED) is 0.361. The number of hydrogen-bond acceptors (Lipinski definition) is 9. The average Bonchev–Trinajstić information content (AvgIpc) is 3.13. The number of rotatable bonds is 7. The number of nitrogens with zero attached hydrogens (tertiary/aromatic N) is 2. The first-order valence-electron chi connectivity index (χ1n) is 9.85. The lowest BCUT2D eigenvalue weighted by Gasteiger charge is -2.17. The molecule has 0 spiro atoms. The first-order chi connectivity index (χ1) is 15.2. The van der Waals surface area contributed by atoms with Gasteiger partial charge in [0.25, 0.3) is 11.2 Å². The number of nitro benzene ring substituents is 1. The molecule has 1 saturated heterocycles. The topological polar surface area (TPSA) is 163 Å². The van der Waals surface area contributed by atoms with Crippen molar-refractivity contribution >= 4 is 11.8 Å². The van der Waals surface area contributed by atoms with Gasteiger partial charge in [-0.05, 0) is 6.92 Å². The molecule has 2 unspecified atom stereocenters. The number of H-pyrrole nitrogens is 1. The maximum absolute atomic E-state index is 12.0. The van der Waals surface area contributed by atoms with Crippen molar-refractivity contribution in [2.24, 2.45) is 0 Å². The van der Waals surface area contributed by atoms with Crippen LogP contribution in [-0.2, 0) is 14.2 Å². The molecule has 3 rings (SSSR count). The smallest absolute Gasteiger partial charge is 0.434 e. The molecule has 0 saturated carbocycles. The molecule has 1 aromatic heterocycles. The van der Waals surface area contributed by atoms with Crippen molar-refractivity contribution in [2.75, 3.05) is 13.2 Å². The fourth-order valence-corrected chi connectivity index (χ4v) is 3.38. The van der Waals surface area contributed by atoms with Gasteiger partial charge in [0.05, 0.1) is 11.0 Å². The molecule has 32 heavy (non-hydrogen) atoms. The molecule has 0 amide bonds. The first-order valence-corrected chi connectivity index (χ1v) is 9.85. The third-order valence-electron chi connectivity index (χ3n) is 5.14. The number of benzene rings is 1. The number of carbonyl (C=O) groups is 1. The van der Waals surface area contributed by atoms with E-state index in [1.807, 2.05) is 0 Å². The van der Waals surface area contributed by atoms with E-state index in [4.69, 9.17) is 14.2 Å². The molecule has 0 aliphatic carbocycles. The molecule has 1 aromatic carbocycles. The third-order valence-corrected chi connectivity index (χ3v) is 5.14. The van der Waals surface area contributed by atoms with E-state index >= 15 is 0 Å². The van der Waals surface area contributed by atoms with Crippen LogP contribution in [0, 0.1) is 17.0 Å². The zero-order chi connectivity index (χ0) is 23.4. The van der Waals surface area contributed by atoms with Crippen LogP contribution in [0.2, 0.25) is 0 Å². The maximum atomic E-state index is 12.0. The van der Waals surface area contributed by atoms with Gasteiger partial charge in [0, 0.05) is 35.7 Å². The lowest BCUT2D eigenvalue weighted by atomic mass is 10.0. The molecule has 1 fully saturated rings. The highest BCUT2D eigenvalue weighted by Gasteiger charge is 2.36. The van der Waals surface area contributed by atoms with E-state index < -0.39 is 46.7 Å². The van der Waals surface area contributed by atoms with Crippen molar-refractivity contribution in [3.8, 4) is 0 Å². The Balaban J connectivity index is 1.52. The lowest BCUT2D eigenvalue weighted by Crippen LogP contribution is -2.33. The van der Waals surface area contributed by atoms with Crippen LogP contribution in [0.5, 0.6) is 0 Å². The summed E-state index contributed by atoms with van der Waals surface area (Å²) in [6.07, 6.45) is -2.39.